The summed E-state index contributed by atoms with van der Waals surface area (Å²) in [6.45, 7) is 1.78. The molecule has 94 valence electrons. The second-order valence-corrected chi connectivity index (χ2v) is 3.65. The number of carboxylic acids is 1. The van der Waals surface area contributed by atoms with Crippen LogP contribution < -0.4 is 10.6 Å². The van der Waals surface area contributed by atoms with Crippen LogP contribution in [-0.2, 0) is 0 Å². The number of hydrogen-bond donors (Lipinski definition) is 3. The number of pyridine rings is 1. The van der Waals surface area contributed by atoms with E-state index in [-0.39, 0.29) is 11.7 Å². The van der Waals surface area contributed by atoms with E-state index in [4.69, 9.17) is 11.5 Å². The van der Waals surface area contributed by atoms with E-state index >= 15 is 0 Å². The lowest BCUT2D eigenvalue weighted by Crippen LogP contribution is -2.35. The fourth-order valence-electron chi connectivity index (χ4n) is 1.21. The van der Waals surface area contributed by atoms with Crippen LogP contribution in [0.1, 0.15) is 23.8 Å². The minimum atomic E-state index is -1.12. The van der Waals surface area contributed by atoms with Gasteiger partial charge in [0, 0.05) is 12.5 Å². The maximum atomic E-state index is 11.5. The Morgan fingerprint density at radius 1 is 1.56 bits per heavy atom. The first-order chi connectivity index (χ1) is 8.52. The third-order valence-corrected chi connectivity index (χ3v) is 2.04. The standard InChI is InChI=1S/C12H13N3O3/c1-3-4-8(2)14-12(18)15-9-5-6-10(11(16)17)13-7-9/h1,5-8H,4H2,2H3,(H,16,17)(H2,14,15,18). The number of rotatable bonds is 4. The molecule has 0 spiro atoms. The first-order valence-electron chi connectivity index (χ1n) is 5.23. The molecule has 18 heavy (non-hydrogen) atoms. The molecule has 1 aromatic rings. The fourth-order valence-corrected chi connectivity index (χ4v) is 1.21. The number of aromatic carboxylic acids is 1. The number of carbonyl (C=O) groups is 2. The maximum absolute atomic E-state index is 11.5. The molecule has 1 rings (SSSR count). The van der Waals surface area contributed by atoms with Crippen molar-refractivity contribution in [3.63, 3.8) is 0 Å². The largest absolute Gasteiger partial charge is 0.477 e. The second kappa shape index (κ2) is 6.25. The van der Waals surface area contributed by atoms with Gasteiger partial charge in [0.05, 0.1) is 11.9 Å². The molecular weight excluding hydrogens is 234 g/mol. The van der Waals surface area contributed by atoms with E-state index in [0.717, 1.165) is 0 Å². The zero-order chi connectivity index (χ0) is 13.5. The Labute approximate surface area is 104 Å². The van der Waals surface area contributed by atoms with E-state index in [1.54, 1.807) is 6.92 Å². The van der Waals surface area contributed by atoms with Crippen LogP contribution in [0.25, 0.3) is 0 Å². The summed E-state index contributed by atoms with van der Waals surface area (Å²) >= 11 is 0. The molecule has 6 nitrogen and oxygen atoms in total. The number of urea groups is 1. The third-order valence-electron chi connectivity index (χ3n) is 2.04. The van der Waals surface area contributed by atoms with Crippen LogP contribution in [-0.4, -0.2) is 28.1 Å². The molecule has 2 amide bonds. The molecule has 3 N–H and O–H groups in total. The highest BCUT2D eigenvalue weighted by Crippen LogP contribution is 2.06. The van der Waals surface area contributed by atoms with Crippen LogP contribution >= 0.6 is 0 Å². The van der Waals surface area contributed by atoms with Gasteiger partial charge in [-0.25, -0.2) is 14.6 Å². The predicted octanol–water partition coefficient (Wildman–Crippen LogP) is 1.31. The zero-order valence-corrected chi connectivity index (χ0v) is 9.80. The lowest BCUT2D eigenvalue weighted by molar-refractivity contribution is 0.0690. The maximum Gasteiger partial charge on any atom is 0.354 e. The van der Waals surface area contributed by atoms with Crippen molar-refractivity contribution in [2.75, 3.05) is 5.32 Å². The second-order valence-electron chi connectivity index (χ2n) is 3.65. The van der Waals surface area contributed by atoms with Crippen LogP contribution in [0.15, 0.2) is 18.3 Å². The summed E-state index contributed by atoms with van der Waals surface area (Å²) < 4.78 is 0. The first-order valence-corrected chi connectivity index (χ1v) is 5.23. The Kier molecular flexibility index (Phi) is 4.69. The van der Waals surface area contributed by atoms with Crippen molar-refractivity contribution in [3.8, 4) is 12.3 Å². The molecule has 1 atom stereocenters. The van der Waals surface area contributed by atoms with Gasteiger partial charge < -0.3 is 15.7 Å². The summed E-state index contributed by atoms with van der Waals surface area (Å²) in [5.74, 6) is 1.32. The Bertz CT molecular complexity index is 476. The highest BCUT2D eigenvalue weighted by Gasteiger charge is 2.07. The van der Waals surface area contributed by atoms with Crippen molar-refractivity contribution < 1.29 is 14.7 Å². The van der Waals surface area contributed by atoms with Crippen molar-refractivity contribution in [1.82, 2.24) is 10.3 Å². The number of carbonyl (C=O) groups excluding carboxylic acids is 1. The average molecular weight is 247 g/mol. The molecule has 1 heterocycles. The summed E-state index contributed by atoms with van der Waals surface area (Å²) in [4.78, 5) is 25.7. The van der Waals surface area contributed by atoms with Crippen LogP contribution in [0.4, 0.5) is 10.5 Å². The van der Waals surface area contributed by atoms with Crippen molar-refractivity contribution in [3.05, 3.63) is 24.0 Å². The van der Waals surface area contributed by atoms with E-state index in [1.165, 1.54) is 18.3 Å². The van der Waals surface area contributed by atoms with E-state index in [2.05, 4.69) is 21.5 Å². The average Bonchev–Trinajstić information content (AvgIpc) is 2.29. The number of carboxylic acid groups (broad SMARTS) is 1. The molecule has 0 saturated heterocycles. The molecule has 0 fully saturated rings. The topological polar surface area (TPSA) is 91.3 Å². The molecule has 0 aliphatic carbocycles. The molecule has 0 saturated carbocycles. The quantitative estimate of drug-likeness (QED) is 0.699. The van der Waals surface area contributed by atoms with E-state index in [9.17, 15) is 9.59 Å². The van der Waals surface area contributed by atoms with Gasteiger partial charge >= 0.3 is 12.0 Å². The number of nitrogens with zero attached hydrogens (tertiary/aromatic N) is 1. The van der Waals surface area contributed by atoms with E-state index < -0.39 is 12.0 Å². The Morgan fingerprint density at radius 2 is 2.28 bits per heavy atom. The van der Waals surface area contributed by atoms with Gasteiger partial charge in [-0.1, -0.05) is 0 Å². The fraction of sp³-hybridized carbons (Fsp3) is 0.250. The normalized spacial score (nSPS) is 11.1. The Morgan fingerprint density at radius 3 is 2.78 bits per heavy atom. The zero-order valence-electron chi connectivity index (χ0n) is 9.80. The highest BCUT2D eigenvalue weighted by atomic mass is 16.4. The molecule has 0 radical (unpaired) electrons. The van der Waals surface area contributed by atoms with E-state index in [0.29, 0.717) is 12.1 Å². The molecule has 0 bridgehead atoms. The highest BCUT2D eigenvalue weighted by molar-refractivity contribution is 5.90. The molecule has 0 aromatic carbocycles. The van der Waals surface area contributed by atoms with Crippen molar-refractivity contribution in [1.29, 1.82) is 0 Å². The first kappa shape index (κ1) is 13.5. The van der Waals surface area contributed by atoms with Gasteiger partial charge in [0.2, 0.25) is 0 Å². The van der Waals surface area contributed by atoms with Crippen LogP contribution in [0.3, 0.4) is 0 Å². The minimum Gasteiger partial charge on any atom is -0.477 e. The Balaban J connectivity index is 2.55. The summed E-state index contributed by atoms with van der Waals surface area (Å²) in [7, 11) is 0. The summed E-state index contributed by atoms with van der Waals surface area (Å²) in [5, 5.41) is 13.8. The lowest BCUT2D eigenvalue weighted by atomic mass is 10.2. The lowest BCUT2D eigenvalue weighted by Gasteiger charge is -2.11. The number of terminal acetylenes is 1. The number of nitrogens with one attached hydrogen (secondary N) is 2. The Hall–Kier alpha value is -2.55. The molecule has 1 unspecified atom stereocenters. The van der Waals surface area contributed by atoms with Crippen LogP contribution in [0, 0.1) is 12.3 Å². The number of anilines is 1. The molecular formula is C12H13N3O3. The monoisotopic (exact) mass is 247 g/mol. The minimum absolute atomic E-state index is 0.0818. The van der Waals surface area contributed by atoms with Crippen LogP contribution in [0.2, 0.25) is 0 Å². The van der Waals surface area contributed by atoms with Crippen molar-refractivity contribution >= 4 is 17.7 Å². The van der Waals surface area contributed by atoms with Crippen molar-refractivity contribution in [2.45, 2.75) is 19.4 Å². The van der Waals surface area contributed by atoms with Gasteiger partial charge in [-0.2, -0.15) is 0 Å². The van der Waals surface area contributed by atoms with Gasteiger partial charge in [0.25, 0.3) is 0 Å². The SMILES string of the molecule is C#CCC(C)NC(=O)Nc1ccc(C(=O)O)nc1. The van der Waals surface area contributed by atoms with Crippen molar-refractivity contribution in [2.24, 2.45) is 0 Å². The number of amides is 2. The summed E-state index contributed by atoms with van der Waals surface area (Å²) in [6.07, 6.45) is 6.82. The predicted molar refractivity (Wildman–Crippen MR) is 66.3 cm³/mol. The van der Waals surface area contributed by atoms with Gasteiger partial charge in [-0.3, -0.25) is 0 Å². The summed E-state index contributed by atoms with van der Waals surface area (Å²) in [6, 6.07) is 2.22. The third kappa shape index (κ3) is 4.14. The molecule has 1 aromatic heterocycles. The summed E-state index contributed by atoms with van der Waals surface area (Å²) in [5.41, 5.74) is 0.326. The molecule has 0 aliphatic rings. The van der Waals surface area contributed by atoms with E-state index in [1.807, 2.05) is 0 Å². The number of hydrogen-bond acceptors (Lipinski definition) is 3. The van der Waals surface area contributed by atoms with Gasteiger partial charge in [-0.15, -0.1) is 12.3 Å². The van der Waals surface area contributed by atoms with Crippen LogP contribution in [0.5, 0.6) is 0 Å². The van der Waals surface area contributed by atoms with Gasteiger partial charge in [0.15, 0.2) is 0 Å². The smallest absolute Gasteiger partial charge is 0.354 e. The number of aromatic nitrogens is 1. The van der Waals surface area contributed by atoms with Gasteiger partial charge in [0.1, 0.15) is 5.69 Å². The molecule has 6 heteroatoms. The van der Waals surface area contributed by atoms with Gasteiger partial charge in [-0.05, 0) is 19.1 Å². The molecule has 0 aliphatic heterocycles.